The normalized spacial score (nSPS) is 44.8. The van der Waals surface area contributed by atoms with Gasteiger partial charge in [0.25, 0.3) is 0 Å². The van der Waals surface area contributed by atoms with Gasteiger partial charge in [0.05, 0.1) is 12.1 Å². The summed E-state index contributed by atoms with van der Waals surface area (Å²) in [6.45, 7) is 0. The highest BCUT2D eigenvalue weighted by atomic mass is 15.3. The fraction of sp³-hybridized carbons (Fsp3) is 0.957. The van der Waals surface area contributed by atoms with Crippen LogP contribution in [-0.4, -0.2) is 28.9 Å². The number of hydrogen-bond donors (Lipinski definition) is 0. The van der Waals surface area contributed by atoms with E-state index >= 15 is 0 Å². The van der Waals surface area contributed by atoms with Gasteiger partial charge in [-0.2, -0.15) is 0 Å². The fourth-order valence-electron chi connectivity index (χ4n) is 7.36. The monoisotopic (exact) mass is 342 g/mol. The van der Waals surface area contributed by atoms with Crippen molar-refractivity contribution in [3.8, 4) is 0 Å². The zero-order chi connectivity index (χ0) is 16.6. The smallest absolute Gasteiger partial charge is 0.103 e. The van der Waals surface area contributed by atoms with E-state index in [9.17, 15) is 0 Å². The Kier molecular flexibility index (Phi) is 4.81. The molecule has 0 amide bonds. The predicted octanol–water partition coefficient (Wildman–Crippen LogP) is 5.95. The molecule has 0 aromatic rings. The lowest BCUT2D eigenvalue weighted by Crippen LogP contribution is -2.59. The topological polar surface area (TPSA) is 15.6 Å². The summed E-state index contributed by atoms with van der Waals surface area (Å²) in [6.07, 6.45) is 23.5. The van der Waals surface area contributed by atoms with Crippen molar-refractivity contribution in [3.05, 3.63) is 0 Å². The van der Waals surface area contributed by atoms with Crippen LogP contribution in [0.4, 0.5) is 0 Å². The Bertz CT molecular complexity index is 498. The maximum Gasteiger partial charge on any atom is 0.103 e. The van der Waals surface area contributed by atoms with E-state index in [1.807, 2.05) is 0 Å². The van der Waals surface area contributed by atoms with Gasteiger partial charge in [-0.25, -0.2) is 0 Å². The SMILES string of the molecule is C1CCCC2C(CC1)C1=NC3CCCCC3N1C1CCCCCCC21. The number of nitrogens with zero attached hydrogens (tertiary/aromatic N) is 2. The molecule has 0 radical (unpaired) electrons. The first-order valence-electron chi connectivity index (χ1n) is 11.8. The third-order valence-corrected chi connectivity index (χ3v) is 8.45. The van der Waals surface area contributed by atoms with Crippen LogP contribution in [0.15, 0.2) is 4.99 Å². The summed E-state index contributed by atoms with van der Waals surface area (Å²) in [7, 11) is 0. The van der Waals surface area contributed by atoms with Crippen LogP contribution < -0.4 is 0 Å². The Morgan fingerprint density at radius 3 is 2.00 bits per heavy atom. The van der Waals surface area contributed by atoms with Gasteiger partial charge in [0, 0.05) is 12.0 Å². The first-order chi connectivity index (χ1) is 12.4. The number of aliphatic imine (C=N–C) groups is 1. The maximum absolute atomic E-state index is 5.48. The van der Waals surface area contributed by atoms with Crippen LogP contribution in [-0.2, 0) is 0 Å². The predicted molar refractivity (Wildman–Crippen MR) is 105 cm³/mol. The molecule has 140 valence electrons. The van der Waals surface area contributed by atoms with Crippen LogP contribution in [0.25, 0.3) is 0 Å². The average molecular weight is 343 g/mol. The maximum atomic E-state index is 5.48. The minimum absolute atomic E-state index is 0.666. The molecule has 2 nitrogen and oxygen atoms in total. The summed E-state index contributed by atoms with van der Waals surface area (Å²) in [5, 5.41) is 0. The molecule has 1 saturated heterocycles. The molecule has 6 atom stereocenters. The Morgan fingerprint density at radius 1 is 0.560 bits per heavy atom. The van der Waals surface area contributed by atoms with Gasteiger partial charge in [0.2, 0.25) is 0 Å². The van der Waals surface area contributed by atoms with Crippen molar-refractivity contribution in [2.45, 2.75) is 121 Å². The molecular weight excluding hydrogens is 304 g/mol. The Labute approximate surface area is 154 Å². The van der Waals surface area contributed by atoms with Gasteiger partial charge in [0.15, 0.2) is 0 Å². The number of amidine groups is 1. The largest absolute Gasteiger partial charge is 0.352 e. The molecule has 5 aliphatic rings. The van der Waals surface area contributed by atoms with Gasteiger partial charge >= 0.3 is 0 Å². The summed E-state index contributed by atoms with van der Waals surface area (Å²) >= 11 is 0. The number of piperidine rings is 1. The Morgan fingerprint density at radius 2 is 1.16 bits per heavy atom. The second-order valence-electron chi connectivity index (χ2n) is 9.80. The van der Waals surface area contributed by atoms with Crippen molar-refractivity contribution in [1.82, 2.24) is 4.90 Å². The second-order valence-corrected chi connectivity index (χ2v) is 9.80. The molecule has 0 spiro atoms. The molecule has 6 unspecified atom stereocenters. The van der Waals surface area contributed by atoms with Crippen molar-refractivity contribution >= 4 is 5.84 Å². The summed E-state index contributed by atoms with van der Waals surface area (Å²) in [6, 6.07) is 2.31. The van der Waals surface area contributed by atoms with E-state index in [0.29, 0.717) is 6.04 Å². The first kappa shape index (κ1) is 16.6. The van der Waals surface area contributed by atoms with E-state index in [0.717, 1.165) is 29.8 Å². The van der Waals surface area contributed by atoms with E-state index < -0.39 is 0 Å². The van der Waals surface area contributed by atoms with E-state index in [4.69, 9.17) is 4.99 Å². The van der Waals surface area contributed by atoms with Crippen molar-refractivity contribution in [1.29, 1.82) is 0 Å². The molecule has 3 saturated carbocycles. The molecule has 0 bridgehead atoms. The fourth-order valence-corrected chi connectivity index (χ4v) is 7.36. The lowest BCUT2D eigenvalue weighted by Gasteiger charge is -2.53. The summed E-state index contributed by atoms with van der Waals surface area (Å²) in [5.41, 5.74) is 0. The van der Waals surface area contributed by atoms with E-state index in [-0.39, 0.29) is 0 Å². The molecule has 0 N–H and O–H groups in total. The van der Waals surface area contributed by atoms with E-state index in [2.05, 4.69) is 4.90 Å². The number of fused-ring (bicyclic) bond motifs is 8. The molecule has 0 aromatic heterocycles. The van der Waals surface area contributed by atoms with Crippen molar-refractivity contribution < 1.29 is 0 Å². The van der Waals surface area contributed by atoms with Gasteiger partial charge < -0.3 is 4.90 Å². The highest BCUT2D eigenvalue weighted by molar-refractivity contribution is 5.88. The molecule has 3 aliphatic carbocycles. The van der Waals surface area contributed by atoms with Crippen LogP contribution in [0.2, 0.25) is 0 Å². The second kappa shape index (κ2) is 7.24. The molecular formula is C23H38N2. The van der Waals surface area contributed by atoms with Gasteiger partial charge in [-0.05, 0) is 50.4 Å². The third-order valence-electron chi connectivity index (χ3n) is 8.45. The molecule has 4 fully saturated rings. The zero-order valence-corrected chi connectivity index (χ0v) is 16.2. The lowest BCUT2D eigenvalue weighted by atomic mass is 9.64. The zero-order valence-electron chi connectivity index (χ0n) is 16.2. The molecule has 2 heteroatoms. The van der Waals surface area contributed by atoms with Crippen molar-refractivity contribution in [3.63, 3.8) is 0 Å². The van der Waals surface area contributed by atoms with E-state index in [1.54, 1.807) is 5.84 Å². The average Bonchev–Trinajstić information content (AvgIpc) is 2.95. The Hall–Kier alpha value is -0.530. The van der Waals surface area contributed by atoms with Crippen molar-refractivity contribution in [2.75, 3.05) is 0 Å². The third kappa shape index (κ3) is 2.96. The lowest BCUT2D eigenvalue weighted by molar-refractivity contribution is 0.0407. The van der Waals surface area contributed by atoms with Gasteiger partial charge in [-0.3, -0.25) is 4.99 Å². The summed E-state index contributed by atoms with van der Waals surface area (Å²) in [5.74, 6) is 4.42. The van der Waals surface area contributed by atoms with Crippen LogP contribution in [0, 0.1) is 17.8 Å². The van der Waals surface area contributed by atoms with Gasteiger partial charge in [0.1, 0.15) is 5.84 Å². The highest BCUT2D eigenvalue weighted by Crippen LogP contribution is 2.50. The van der Waals surface area contributed by atoms with Crippen LogP contribution in [0.3, 0.4) is 0 Å². The van der Waals surface area contributed by atoms with Crippen LogP contribution in [0.5, 0.6) is 0 Å². The standard InChI is InChI=1S/C23H38N2/c1-2-7-13-19-17(11-5-1)18-12-6-3-4-8-15-21(18)25-22-16-10-9-14-20(22)24-23(19)25/h17-22H,1-16H2. The van der Waals surface area contributed by atoms with Crippen LogP contribution >= 0.6 is 0 Å². The molecule has 25 heavy (non-hydrogen) atoms. The summed E-state index contributed by atoms with van der Waals surface area (Å²) < 4.78 is 0. The molecule has 2 heterocycles. The minimum Gasteiger partial charge on any atom is -0.352 e. The summed E-state index contributed by atoms with van der Waals surface area (Å²) in [4.78, 5) is 8.47. The van der Waals surface area contributed by atoms with E-state index in [1.165, 1.54) is 103 Å². The first-order valence-corrected chi connectivity index (χ1v) is 11.8. The minimum atomic E-state index is 0.666. The van der Waals surface area contributed by atoms with Gasteiger partial charge in [-0.1, -0.05) is 64.2 Å². The number of hydrogen-bond acceptors (Lipinski definition) is 2. The van der Waals surface area contributed by atoms with Gasteiger partial charge in [-0.15, -0.1) is 0 Å². The quantitative estimate of drug-likeness (QED) is 0.531. The van der Waals surface area contributed by atoms with Crippen LogP contribution in [0.1, 0.15) is 103 Å². The number of rotatable bonds is 0. The molecule has 2 aliphatic heterocycles. The highest BCUT2D eigenvalue weighted by Gasteiger charge is 2.52. The Balaban J connectivity index is 1.51. The van der Waals surface area contributed by atoms with Crippen molar-refractivity contribution in [2.24, 2.45) is 22.7 Å². The molecule has 0 aromatic carbocycles. The molecule has 5 rings (SSSR count).